The lowest BCUT2D eigenvalue weighted by atomic mass is 10.1. The Bertz CT molecular complexity index is 433. The normalized spacial score (nSPS) is 15.2. The summed E-state index contributed by atoms with van der Waals surface area (Å²) < 4.78 is 5.70. The molecule has 2 N–H and O–H groups in total. The van der Waals surface area contributed by atoms with Gasteiger partial charge in [0.25, 0.3) is 5.91 Å². The maximum atomic E-state index is 12.0. The van der Waals surface area contributed by atoms with Crippen LogP contribution in [0, 0.1) is 0 Å². The van der Waals surface area contributed by atoms with Crippen molar-refractivity contribution in [3.63, 3.8) is 0 Å². The molecular formula is C16H25NO3. The molecule has 112 valence electrons. The molecular weight excluding hydrogens is 254 g/mol. The van der Waals surface area contributed by atoms with Crippen molar-refractivity contribution in [1.29, 1.82) is 0 Å². The highest BCUT2D eigenvalue weighted by Crippen LogP contribution is 2.27. The van der Waals surface area contributed by atoms with Crippen LogP contribution in [0.1, 0.15) is 52.2 Å². The minimum absolute atomic E-state index is 0.130. The topological polar surface area (TPSA) is 58.6 Å². The molecule has 1 aromatic carbocycles. The highest BCUT2D eigenvalue weighted by Gasteiger charge is 2.19. The van der Waals surface area contributed by atoms with Crippen molar-refractivity contribution < 1.29 is 14.6 Å². The monoisotopic (exact) mass is 279 g/mol. The largest absolute Gasteiger partial charge is 0.481 e. The molecule has 0 radical (unpaired) electrons. The molecule has 0 aliphatic carbocycles. The van der Waals surface area contributed by atoms with Gasteiger partial charge in [0.2, 0.25) is 0 Å². The Hall–Kier alpha value is -1.55. The molecule has 0 spiro atoms. The van der Waals surface area contributed by atoms with Gasteiger partial charge in [-0.05, 0) is 32.8 Å². The van der Waals surface area contributed by atoms with Crippen LogP contribution < -0.4 is 10.1 Å². The summed E-state index contributed by atoms with van der Waals surface area (Å²) in [7, 11) is 0. The summed E-state index contributed by atoms with van der Waals surface area (Å²) >= 11 is 0. The molecule has 1 aromatic rings. The van der Waals surface area contributed by atoms with Gasteiger partial charge in [-0.2, -0.15) is 0 Å². The summed E-state index contributed by atoms with van der Waals surface area (Å²) in [5.74, 6) is 0.425. The van der Waals surface area contributed by atoms with Gasteiger partial charge in [0.1, 0.15) is 5.75 Å². The summed E-state index contributed by atoms with van der Waals surface area (Å²) in [5.41, 5.74) is 0.721. The van der Waals surface area contributed by atoms with E-state index in [1.54, 1.807) is 13.0 Å². The molecule has 0 aliphatic heterocycles. The Balaban J connectivity index is 2.75. The molecule has 0 aliphatic rings. The molecule has 2 unspecified atom stereocenters. The van der Waals surface area contributed by atoms with Crippen LogP contribution in [0.25, 0.3) is 0 Å². The number of aliphatic hydroxyl groups is 1. The molecule has 0 fully saturated rings. The average Bonchev–Trinajstić information content (AvgIpc) is 2.46. The molecule has 4 nitrogen and oxygen atoms in total. The number of hydrogen-bond acceptors (Lipinski definition) is 3. The Morgan fingerprint density at radius 3 is 2.50 bits per heavy atom. The van der Waals surface area contributed by atoms with E-state index in [1.165, 1.54) is 0 Å². The molecule has 0 bridgehead atoms. The first-order valence-electron chi connectivity index (χ1n) is 7.23. The van der Waals surface area contributed by atoms with Crippen molar-refractivity contribution in [1.82, 2.24) is 5.32 Å². The van der Waals surface area contributed by atoms with Crippen LogP contribution in [0.15, 0.2) is 24.3 Å². The van der Waals surface area contributed by atoms with E-state index in [4.69, 9.17) is 4.74 Å². The second-order valence-corrected chi connectivity index (χ2v) is 5.04. The number of benzene rings is 1. The zero-order valence-electron chi connectivity index (χ0n) is 12.7. The van der Waals surface area contributed by atoms with E-state index < -0.39 is 12.2 Å². The van der Waals surface area contributed by atoms with Crippen LogP contribution >= 0.6 is 0 Å². The third-order valence-corrected chi connectivity index (χ3v) is 3.34. The quantitative estimate of drug-likeness (QED) is 0.807. The van der Waals surface area contributed by atoms with Crippen molar-refractivity contribution in [3.8, 4) is 5.75 Å². The number of ether oxygens (including phenoxy) is 1. The first-order chi connectivity index (χ1) is 9.49. The van der Waals surface area contributed by atoms with E-state index >= 15 is 0 Å². The lowest BCUT2D eigenvalue weighted by Gasteiger charge is -2.20. The fourth-order valence-corrected chi connectivity index (χ4v) is 1.79. The molecule has 1 rings (SSSR count). The fourth-order valence-electron chi connectivity index (χ4n) is 1.79. The molecule has 3 atom stereocenters. The average molecular weight is 279 g/mol. The van der Waals surface area contributed by atoms with E-state index in [0.29, 0.717) is 12.2 Å². The Labute approximate surface area is 121 Å². The molecule has 1 amide bonds. The number of carbonyl (C=O) groups is 1. The number of para-hydroxylation sites is 1. The summed E-state index contributed by atoms with van der Waals surface area (Å²) in [6.07, 6.45) is 0.322. The maximum absolute atomic E-state index is 12.0. The SMILES string of the molecule is CCC(C)NC(=O)C(C)Oc1ccccc1[C@@H](O)CC. The standard InChI is InChI=1S/C16H25NO3/c1-5-11(3)17-16(19)12(4)20-15-10-8-7-9-13(15)14(18)6-2/h7-12,14,18H,5-6H2,1-4H3,(H,17,19)/t11?,12?,14-/m0/s1. The van der Waals surface area contributed by atoms with Crippen LogP contribution in [-0.4, -0.2) is 23.2 Å². The predicted molar refractivity (Wildman–Crippen MR) is 79.7 cm³/mol. The van der Waals surface area contributed by atoms with E-state index in [0.717, 1.165) is 12.0 Å². The van der Waals surface area contributed by atoms with Gasteiger partial charge in [-0.3, -0.25) is 4.79 Å². The molecule has 0 heterocycles. The number of carbonyl (C=O) groups excluding carboxylic acids is 1. The van der Waals surface area contributed by atoms with Gasteiger partial charge in [-0.25, -0.2) is 0 Å². The zero-order valence-corrected chi connectivity index (χ0v) is 12.7. The highest BCUT2D eigenvalue weighted by molar-refractivity contribution is 5.81. The second kappa shape index (κ2) is 7.90. The van der Waals surface area contributed by atoms with E-state index in [-0.39, 0.29) is 11.9 Å². The number of nitrogens with one attached hydrogen (secondary N) is 1. The van der Waals surface area contributed by atoms with E-state index in [9.17, 15) is 9.90 Å². The van der Waals surface area contributed by atoms with Crippen LogP contribution in [-0.2, 0) is 4.79 Å². The number of hydrogen-bond donors (Lipinski definition) is 2. The highest BCUT2D eigenvalue weighted by atomic mass is 16.5. The van der Waals surface area contributed by atoms with Gasteiger partial charge in [0, 0.05) is 11.6 Å². The van der Waals surface area contributed by atoms with Gasteiger partial charge in [0.05, 0.1) is 6.10 Å². The summed E-state index contributed by atoms with van der Waals surface area (Å²) in [6.45, 7) is 7.59. The number of aliphatic hydroxyl groups excluding tert-OH is 1. The van der Waals surface area contributed by atoms with Crippen molar-refractivity contribution in [3.05, 3.63) is 29.8 Å². The Morgan fingerprint density at radius 2 is 1.90 bits per heavy atom. The van der Waals surface area contributed by atoms with Gasteiger partial charge < -0.3 is 15.2 Å². The van der Waals surface area contributed by atoms with Crippen LogP contribution in [0.2, 0.25) is 0 Å². The van der Waals surface area contributed by atoms with Crippen molar-refractivity contribution in [2.75, 3.05) is 0 Å². The van der Waals surface area contributed by atoms with E-state index in [2.05, 4.69) is 5.32 Å². The molecule has 0 saturated carbocycles. The minimum atomic E-state index is -0.589. The minimum Gasteiger partial charge on any atom is -0.481 e. The smallest absolute Gasteiger partial charge is 0.260 e. The van der Waals surface area contributed by atoms with Crippen molar-refractivity contribution >= 4 is 5.91 Å². The third-order valence-electron chi connectivity index (χ3n) is 3.34. The molecule has 20 heavy (non-hydrogen) atoms. The lowest BCUT2D eigenvalue weighted by molar-refractivity contribution is -0.127. The van der Waals surface area contributed by atoms with Gasteiger partial charge >= 0.3 is 0 Å². The van der Waals surface area contributed by atoms with E-state index in [1.807, 2.05) is 39.0 Å². The first-order valence-corrected chi connectivity index (χ1v) is 7.23. The van der Waals surface area contributed by atoms with Gasteiger partial charge in [-0.15, -0.1) is 0 Å². The second-order valence-electron chi connectivity index (χ2n) is 5.04. The molecule has 4 heteroatoms. The van der Waals surface area contributed by atoms with Crippen LogP contribution in [0.3, 0.4) is 0 Å². The third kappa shape index (κ3) is 4.53. The number of rotatable bonds is 7. The van der Waals surface area contributed by atoms with Gasteiger partial charge in [0.15, 0.2) is 6.10 Å². The Kier molecular flexibility index (Phi) is 6.52. The zero-order chi connectivity index (χ0) is 15.1. The fraction of sp³-hybridized carbons (Fsp3) is 0.562. The summed E-state index contributed by atoms with van der Waals surface area (Å²) in [5, 5.41) is 12.9. The van der Waals surface area contributed by atoms with Crippen molar-refractivity contribution in [2.24, 2.45) is 0 Å². The van der Waals surface area contributed by atoms with Crippen LogP contribution in [0.4, 0.5) is 0 Å². The lowest BCUT2D eigenvalue weighted by Crippen LogP contribution is -2.41. The van der Waals surface area contributed by atoms with Gasteiger partial charge in [-0.1, -0.05) is 32.0 Å². The number of amides is 1. The molecule has 0 aromatic heterocycles. The maximum Gasteiger partial charge on any atom is 0.260 e. The summed E-state index contributed by atoms with van der Waals surface area (Å²) in [6, 6.07) is 7.42. The predicted octanol–water partition coefficient (Wildman–Crippen LogP) is 2.81. The first kappa shape index (κ1) is 16.5. The molecule has 0 saturated heterocycles. The Morgan fingerprint density at radius 1 is 1.25 bits per heavy atom. The summed E-state index contributed by atoms with van der Waals surface area (Å²) in [4.78, 5) is 12.0. The van der Waals surface area contributed by atoms with Crippen LogP contribution in [0.5, 0.6) is 5.75 Å². The van der Waals surface area contributed by atoms with Crippen molar-refractivity contribution in [2.45, 2.75) is 58.8 Å².